The van der Waals surface area contributed by atoms with Crippen molar-refractivity contribution < 1.29 is 4.39 Å². The van der Waals surface area contributed by atoms with Gasteiger partial charge in [0.1, 0.15) is 5.82 Å². The molecule has 90 valence electrons. The highest BCUT2D eigenvalue weighted by Crippen LogP contribution is 2.21. The van der Waals surface area contributed by atoms with Crippen LogP contribution >= 0.6 is 27.7 Å². The van der Waals surface area contributed by atoms with Gasteiger partial charge in [-0.1, -0.05) is 15.9 Å². The molecule has 1 N–H and O–H groups in total. The van der Waals surface area contributed by atoms with E-state index in [1.165, 1.54) is 6.07 Å². The quantitative estimate of drug-likeness (QED) is 0.798. The Labute approximate surface area is 109 Å². The van der Waals surface area contributed by atoms with Gasteiger partial charge in [0.15, 0.2) is 0 Å². The molecule has 1 unspecified atom stereocenters. The molecule has 0 aliphatic rings. The summed E-state index contributed by atoms with van der Waals surface area (Å²) in [5.74, 6) is 0.994. The summed E-state index contributed by atoms with van der Waals surface area (Å²) in [4.78, 5) is 0. The molecule has 0 saturated carbocycles. The fraction of sp³-hybridized carbons (Fsp3) is 0.500. The third-order valence-electron chi connectivity index (χ3n) is 2.40. The molecule has 0 aromatic heterocycles. The van der Waals surface area contributed by atoms with Crippen LogP contribution in [0.5, 0.6) is 0 Å². The Bertz CT molecular complexity index is 333. The first-order valence-electron chi connectivity index (χ1n) is 5.32. The summed E-state index contributed by atoms with van der Waals surface area (Å²) in [7, 11) is 0. The largest absolute Gasteiger partial charge is 0.310 e. The zero-order valence-electron chi connectivity index (χ0n) is 9.59. The molecule has 0 aliphatic heterocycles. The van der Waals surface area contributed by atoms with Crippen LogP contribution in [0.4, 0.5) is 4.39 Å². The lowest BCUT2D eigenvalue weighted by Crippen LogP contribution is -2.21. The molecule has 0 bridgehead atoms. The van der Waals surface area contributed by atoms with Gasteiger partial charge in [-0.15, -0.1) is 0 Å². The Hall–Kier alpha value is -0.0600. The second-order valence-corrected chi connectivity index (χ2v) is 5.59. The van der Waals surface area contributed by atoms with Crippen molar-refractivity contribution in [3.05, 3.63) is 34.1 Å². The Morgan fingerprint density at radius 2 is 2.25 bits per heavy atom. The predicted octanol–water partition coefficient (Wildman–Crippen LogP) is 3.99. The van der Waals surface area contributed by atoms with Gasteiger partial charge in [0.05, 0.1) is 0 Å². The molecule has 0 aliphatic carbocycles. The van der Waals surface area contributed by atoms with Gasteiger partial charge in [-0.25, -0.2) is 4.39 Å². The van der Waals surface area contributed by atoms with Crippen molar-refractivity contribution in [1.82, 2.24) is 5.32 Å². The summed E-state index contributed by atoms with van der Waals surface area (Å²) in [6, 6.07) is 5.11. The van der Waals surface area contributed by atoms with Crippen molar-refractivity contribution in [2.24, 2.45) is 0 Å². The molecule has 0 spiro atoms. The van der Waals surface area contributed by atoms with Crippen molar-refractivity contribution in [2.75, 3.05) is 18.6 Å². The van der Waals surface area contributed by atoms with E-state index in [9.17, 15) is 4.39 Å². The van der Waals surface area contributed by atoms with E-state index in [-0.39, 0.29) is 11.9 Å². The van der Waals surface area contributed by atoms with Gasteiger partial charge in [0.25, 0.3) is 0 Å². The van der Waals surface area contributed by atoms with E-state index in [2.05, 4.69) is 27.5 Å². The predicted molar refractivity (Wildman–Crippen MR) is 73.5 cm³/mol. The van der Waals surface area contributed by atoms with Crippen molar-refractivity contribution in [1.29, 1.82) is 0 Å². The molecule has 1 atom stereocenters. The summed E-state index contributed by atoms with van der Waals surface area (Å²) in [5, 5.41) is 3.33. The van der Waals surface area contributed by atoms with Gasteiger partial charge in [-0.3, -0.25) is 0 Å². The number of hydrogen-bond donors (Lipinski definition) is 1. The van der Waals surface area contributed by atoms with E-state index in [1.54, 1.807) is 6.07 Å². The van der Waals surface area contributed by atoms with Gasteiger partial charge in [-0.2, -0.15) is 11.8 Å². The number of thioether (sulfide) groups is 1. The van der Waals surface area contributed by atoms with Crippen LogP contribution in [-0.2, 0) is 0 Å². The topological polar surface area (TPSA) is 12.0 Å². The van der Waals surface area contributed by atoms with E-state index in [0.717, 1.165) is 28.8 Å². The summed E-state index contributed by atoms with van der Waals surface area (Å²) >= 11 is 5.19. The lowest BCUT2D eigenvalue weighted by Gasteiger charge is -2.15. The molecule has 1 nitrogen and oxygen atoms in total. The molecule has 0 heterocycles. The fourth-order valence-electron chi connectivity index (χ4n) is 1.49. The van der Waals surface area contributed by atoms with E-state index in [4.69, 9.17) is 0 Å². The molecule has 1 aromatic carbocycles. The molecule has 0 saturated heterocycles. The second kappa shape index (κ2) is 7.30. The molecular formula is C12H17BrFNS. The fourth-order valence-corrected chi connectivity index (χ4v) is 2.30. The van der Waals surface area contributed by atoms with Gasteiger partial charge in [-0.05, 0) is 50.1 Å². The SMILES string of the molecule is CSCCCNC(C)c1cc(Br)ccc1F. The average Bonchev–Trinajstić information content (AvgIpc) is 2.27. The summed E-state index contributed by atoms with van der Waals surface area (Å²) in [6.07, 6.45) is 3.21. The van der Waals surface area contributed by atoms with Crippen LogP contribution < -0.4 is 5.32 Å². The maximum atomic E-state index is 13.5. The van der Waals surface area contributed by atoms with Gasteiger partial charge in [0.2, 0.25) is 0 Å². The van der Waals surface area contributed by atoms with Gasteiger partial charge >= 0.3 is 0 Å². The average molecular weight is 306 g/mol. The van der Waals surface area contributed by atoms with Crippen LogP contribution in [0.3, 0.4) is 0 Å². The highest BCUT2D eigenvalue weighted by molar-refractivity contribution is 9.10. The van der Waals surface area contributed by atoms with E-state index in [1.807, 2.05) is 24.8 Å². The van der Waals surface area contributed by atoms with Crippen molar-refractivity contribution in [3.63, 3.8) is 0 Å². The standard InChI is InChI=1S/C12H17BrFNS/c1-9(15-6-3-7-16-2)11-8-10(13)4-5-12(11)14/h4-5,8-9,15H,3,6-7H2,1-2H3. The number of rotatable bonds is 6. The summed E-state index contributed by atoms with van der Waals surface area (Å²) in [5.41, 5.74) is 0.721. The molecular weight excluding hydrogens is 289 g/mol. The minimum Gasteiger partial charge on any atom is -0.310 e. The van der Waals surface area contributed by atoms with Crippen LogP contribution in [0.15, 0.2) is 22.7 Å². The minimum absolute atomic E-state index is 0.0550. The van der Waals surface area contributed by atoms with Crippen LogP contribution in [-0.4, -0.2) is 18.6 Å². The number of hydrogen-bond acceptors (Lipinski definition) is 2. The number of benzene rings is 1. The number of halogens is 2. The highest BCUT2D eigenvalue weighted by Gasteiger charge is 2.10. The first kappa shape index (κ1) is 14.0. The van der Waals surface area contributed by atoms with Crippen molar-refractivity contribution in [2.45, 2.75) is 19.4 Å². The lowest BCUT2D eigenvalue weighted by molar-refractivity contribution is 0.528. The van der Waals surface area contributed by atoms with Crippen LogP contribution in [0, 0.1) is 5.82 Å². The maximum Gasteiger partial charge on any atom is 0.128 e. The zero-order valence-corrected chi connectivity index (χ0v) is 12.0. The van der Waals surface area contributed by atoms with Crippen LogP contribution in [0.1, 0.15) is 24.9 Å². The molecule has 0 amide bonds. The minimum atomic E-state index is -0.145. The molecule has 16 heavy (non-hydrogen) atoms. The van der Waals surface area contributed by atoms with Crippen LogP contribution in [0.2, 0.25) is 0 Å². The smallest absolute Gasteiger partial charge is 0.128 e. The van der Waals surface area contributed by atoms with Crippen molar-refractivity contribution in [3.8, 4) is 0 Å². The molecule has 1 aromatic rings. The Balaban J connectivity index is 2.51. The third-order valence-corrected chi connectivity index (χ3v) is 3.59. The van der Waals surface area contributed by atoms with E-state index in [0.29, 0.717) is 0 Å². The Kier molecular flexibility index (Phi) is 6.39. The summed E-state index contributed by atoms with van der Waals surface area (Å²) < 4.78 is 14.4. The van der Waals surface area contributed by atoms with E-state index < -0.39 is 0 Å². The molecule has 0 fully saturated rings. The van der Waals surface area contributed by atoms with Gasteiger partial charge < -0.3 is 5.32 Å². The number of nitrogens with one attached hydrogen (secondary N) is 1. The van der Waals surface area contributed by atoms with Crippen molar-refractivity contribution >= 4 is 27.7 Å². The Morgan fingerprint density at radius 3 is 2.94 bits per heavy atom. The third kappa shape index (κ3) is 4.44. The van der Waals surface area contributed by atoms with Gasteiger partial charge in [0, 0.05) is 16.1 Å². The summed E-state index contributed by atoms with van der Waals surface area (Å²) in [6.45, 7) is 2.91. The Morgan fingerprint density at radius 1 is 1.50 bits per heavy atom. The molecule has 4 heteroatoms. The zero-order chi connectivity index (χ0) is 12.0. The highest BCUT2D eigenvalue weighted by atomic mass is 79.9. The lowest BCUT2D eigenvalue weighted by atomic mass is 10.1. The monoisotopic (exact) mass is 305 g/mol. The molecule has 0 radical (unpaired) electrons. The molecule has 1 rings (SSSR count). The van der Waals surface area contributed by atoms with Crippen LogP contribution in [0.25, 0.3) is 0 Å². The first-order valence-corrected chi connectivity index (χ1v) is 7.51. The maximum absolute atomic E-state index is 13.5. The first-order chi connectivity index (χ1) is 7.65. The normalized spacial score (nSPS) is 12.8. The van der Waals surface area contributed by atoms with E-state index >= 15 is 0 Å². The second-order valence-electron chi connectivity index (χ2n) is 3.69.